The van der Waals surface area contributed by atoms with E-state index in [1.807, 2.05) is 65.6 Å². The lowest BCUT2D eigenvalue weighted by molar-refractivity contribution is -0.120. The fourth-order valence-electron chi connectivity index (χ4n) is 4.82. The van der Waals surface area contributed by atoms with Gasteiger partial charge in [0.1, 0.15) is 5.36 Å². The summed E-state index contributed by atoms with van der Waals surface area (Å²) in [6, 6.07) is 21.7. The second-order valence-electron chi connectivity index (χ2n) is 8.69. The van der Waals surface area contributed by atoms with E-state index < -0.39 is 5.66 Å². The number of aromatic nitrogens is 1. The topological polar surface area (TPSA) is 97.6 Å². The first-order valence-electron chi connectivity index (χ1n) is 11.1. The van der Waals surface area contributed by atoms with Crippen molar-refractivity contribution in [2.24, 2.45) is 20.0 Å². The lowest BCUT2D eigenvalue weighted by atomic mass is 9.95. The number of fused-ring (bicyclic) bond motifs is 5. The van der Waals surface area contributed by atoms with Gasteiger partial charge in [-0.1, -0.05) is 42.5 Å². The van der Waals surface area contributed by atoms with Gasteiger partial charge in [0.15, 0.2) is 5.49 Å². The normalized spacial score (nSPS) is 21.1. The highest BCUT2D eigenvalue weighted by molar-refractivity contribution is 6.21. The summed E-state index contributed by atoms with van der Waals surface area (Å²) in [5.74, 6) is 0.501. The van der Waals surface area contributed by atoms with Gasteiger partial charge >= 0.3 is 0 Å². The maximum Gasteiger partial charge on any atom is 0.278 e. The molecule has 2 N–H and O–H groups in total. The fourth-order valence-corrected chi connectivity index (χ4v) is 4.82. The summed E-state index contributed by atoms with van der Waals surface area (Å²) >= 11 is 0. The van der Waals surface area contributed by atoms with Crippen LogP contribution in [0.25, 0.3) is 10.9 Å². The largest absolute Gasteiger partial charge is 0.338 e. The second kappa shape index (κ2) is 6.48. The van der Waals surface area contributed by atoms with E-state index >= 15 is 0 Å². The zero-order chi connectivity index (χ0) is 23.0. The molecule has 34 heavy (non-hydrogen) atoms. The number of hydrogen-bond acceptors (Lipinski definition) is 4. The van der Waals surface area contributed by atoms with Crippen LogP contribution in [-0.4, -0.2) is 22.8 Å². The minimum Gasteiger partial charge on any atom is -0.338 e. The number of carbonyl (C=O) groups excluding carboxylic acids is 1. The molecule has 0 unspecified atom stereocenters. The molecule has 0 bridgehead atoms. The molecular formula is C26H19N7O. The Labute approximate surface area is 194 Å². The van der Waals surface area contributed by atoms with Gasteiger partial charge in [-0.3, -0.25) is 9.69 Å². The Morgan fingerprint density at radius 2 is 1.76 bits per heavy atom. The first-order chi connectivity index (χ1) is 16.5. The number of hydrogen-bond donors (Lipinski definition) is 2. The van der Waals surface area contributed by atoms with Gasteiger partial charge < -0.3 is 10.3 Å². The number of carbonyl (C=O) groups is 1. The maximum atomic E-state index is 13.3. The van der Waals surface area contributed by atoms with Gasteiger partial charge in [0.05, 0.1) is 0 Å². The van der Waals surface area contributed by atoms with E-state index in [1.165, 1.54) is 5.56 Å². The summed E-state index contributed by atoms with van der Waals surface area (Å²) in [6.45, 7) is 4.11. The first kappa shape index (κ1) is 18.9. The van der Waals surface area contributed by atoms with Gasteiger partial charge in [-0.05, 0) is 49.2 Å². The minimum atomic E-state index is -1.20. The molecule has 4 heterocycles. The van der Waals surface area contributed by atoms with E-state index in [9.17, 15) is 4.79 Å². The van der Waals surface area contributed by atoms with E-state index in [0.717, 1.165) is 38.8 Å². The van der Waals surface area contributed by atoms with E-state index in [-0.39, 0.29) is 5.91 Å². The van der Waals surface area contributed by atoms with Gasteiger partial charge in [0.25, 0.3) is 11.9 Å². The Morgan fingerprint density at radius 1 is 0.941 bits per heavy atom. The summed E-state index contributed by atoms with van der Waals surface area (Å²) < 4.78 is 0. The molecule has 0 aliphatic carbocycles. The molecule has 1 atom stereocenters. The number of aromatic amines is 1. The molecule has 4 aromatic rings. The van der Waals surface area contributed by atoms with Gasteiger partial charge in [-0.2, -0.15) is 9.98 Å². The molecule has 8 nitrogen and oxygen atoms in total. The van der Waals surface area contributed by atoms with Crippen molar-refractivity contribution in [1.29, 1.82) is 0 Å². The van der Waals surface area contributed by atoms with Gasteiger partial charge in [-0.15, -0.1) is 0 Å². The lowest BCUT2D eigenvalue weighted by Gasteiger charge is -2.44. The van der Waals surface area contributed by atoms with Crippen LogP contribution >= 0.6 is 0 Å². The van der Waals surface area contributed by atoms with Crippen molar-refractivity contribution in [3.8, 4) is 0 Å². The number of aryl methyl sites for hydroxylation is 2. The van der Waals surface area contributed by atoms with Crippen molar-refractivity contribution >= 4 is 40.1 Å². The molecule has 164 valence electrons. The van der Waals surface area contributed by atoms with Crippen LogP contribution in [0.2, 0.25) is 0 Å². The van der Waals surface area contributed by atoms with Crippen molar-refractivity contribution < 1.29 is 4.79 Å². The Hall–Kier alpha value is -4.59. The molecule has 0 fully saturated rings. The van der Waals surface area contributed by atoms with E-state index in [2.05, 4.69) is 45.2 Å². The molecule has 1 amide bonds. The molecule has 0 radical (unpaired) electrons. The highest BCUT2D eigenvalue weighted by Crippen LogP contribution is 2.49. The minimum absolute atomic E-state index is 0.201. The number of benzene rings is 3. The average molecular weight is 445 g/mol. The second-order valence-corrected chi connectivity index (χ2v) is 8.69. The van der Waals surface area contributed by atoms with Crippen molar-refractivity contribution in [3.05, 3.63) is 94.3 Å². The summed E-state index contributed by atoms with van der Waals surface area (Å²) in [5.41, 5.74) is 5.15. The molecule has 3 aliphatic heterocycles. The number of anilines is 2. The molecule has 3 aromatic carbocycles. The average Bonchev–Trinajstić information content (AvgIpc) is 3.45. The highest BCUT2D eigenvalue weighted by atomic mass is 16.2. The summed E-state index contributed by atoms with van der Waals surface area (Å²) in [7, 11) is 0. The Kier molecular flexibility index (Phi) is 3.61. The van der Waals surface area contributed by atoms with Crippen LogP contribution in [0.5, 0.6) is 0 Å². The van der Waals surface area contributed by atoms with Crippen LogP contribution in [0.4, 0.5) is 11.4 Å². The van der Waals surface area contributed by atoms with Gasteiger partial charge in [0.2, 0.25) is 11.6 Å². The Morgan fingerprint density at radius 3 is 2.65 bits per heavy atom. The summed E-state index contributed by atoms with van der Waals surface area (Å²) in [6.07, 6.45) is 0. The molecular weight excluding hydrogens is 426 g/mol. The third kappa shape index (κ3) is 2.39. The molecule has 8 heteroatoms. The molecule has 0 saturated carbocycles. The van der Waals surface area contributed by atoms with Crippen molar-refractivity contribution in [3.63, 3.8) is 0 Å². The fraction of sp³-hybridized carbons (Fsp3) is 0.115. The predicted molar refractivity (Wildman–Crippen MR) is 131 cm³/mol. The number of para-hydroxylation sites is 2. The van der Waals surface area contributed by atoms with Crippen LogP contribution in [0.1, 0.15) is 16.7 Å². The molecule has 1 aromatic heterocycles. The summed E-state index contributed by atoms with van der Waals surface area (Å²) in [4.78, 5) is 37.1. The van der Waals surface area contributed by atoms with Crippen LogP contribution in [0, 0.1) is 13.8 Å². The third-order valence-corrected chi connectivity index (χ3v) is 6.68. The zero-order valence-corrected chi connectivity index (χ0v) is 18.5. The number of nitrogens with zero attached hydrogens (tertiary/aromatic N) is 5. The number of amides is 1. The predicted octanol–water partition coefficient (Wildman–Crippen LogP) is 3.07. The van der Waals surface area contributed by atoms with E-state index in [1.54, 1.807) is 0 Å². The van der Waals surface area contributed by atoms with Crippen molar-refractivity contribution in [1.82, 2.24) is 4.98 Å². The number of rotatable bonds is 1. The van der Waals surface area contributed by atoms with Crippen LogP contribution < -0.4 is 21.1 Å². The van der Waals surface area contributed by atoms with Gasteiger partial charge in [-0.25, -0.2) is 9.98 Å². The number of nitrogens with one attached hydrogen (secondary N) is 2. The number of aliphatic imine (C=N–C) groups is 2. The van der Waals surface area contributed by atoms with Crippen LogP contribution in [0.3, 0.4) is 0 Å². The first-order valence-corrected chi connectivity index (χ1v) is 11.1. The standard InChI is InChI=1S/C26H19N7O/c1-14-11-12-16(13-15(14)2)33-25(32-26(33)18-8-4-6-10-20(18)28-23(26)34)31-24-29-21-17-7-3-5-9-19(17)27-22(21)30-24/h3-13H,1-2H3,(H,28,34)(H,27,29,30,31,32)/t26-/m0/s1. The molecule has 1 spiro atoms. The molecule has 3 aliphatic rings. The zero-order valence-electron chi connectivity index (χ0n) is 18.5. The maximum absolute atomic E-state index is 13.3. The van der Waals surface area contributed by atoms with Gasteiger partial charge in [0, 0.05) is 27.8 Å². The van der Waals surface area contributed by atoms with Crippen LogP contribution in [0.15, 0.2) is 86.7 Å². The smallest absolute Gasteiger partial charge is 0.278 e. The monoisotopic (exact) mass is 445 g/mol. The van der Waals surface area contributed by atoms with Crippen molar-refractivity contribution in [2.45, 2.75) is 19.5 Å². The highest BCUT2D eigenvalue weighted by Gasteiger charge is 2.59. The molecule has 0 saturated heterocycles. The number of guanidine groups is 2. The Balaban J connectivity index is 1.40. The van der Waals surface area contributed by atoms with E-state index in [0.29, 0.717) is 17.4 Å². The Bertz CT molecular complexity index is 1750. The quantitative estimate of drug-likeness (QED) is 0.471. The summed E-state index contributed by atoms with van der Waals surface area (Å²) in [5, 5.41) is 4.74. The molecule has 7 rings (SSSR count). The SMILES string of the molecule is Cc1ccc(N2C(/N=C3\N=c4[nH]c5ccccc5c4=N3)=N[C@]23C(=O)Nc2ccccc23)cc1C. The lowest BCUT2D eigenvalue weighted by Crippen LogP contribution is -2.60. The van der Waals surface area contributed by atoms with E-state index in [4.69, 9.17) is 4.99 Å². The van der Waals surface area contributed by atoms with Crippen LogP contribution in [-0.2, 0) is 10.5 Å². The third-order valence-electron chi connectivity index (χ3n) is 6.68. The van der Waals surface area contributed by atoms with Crippen molar-refractivity contribution in [2.75, 3.05) is 10.2 Å². The number of H-pyrrole nitrogens is 1.